The maximum Gasteiger partial charge on any atom is 0.407 e. The number of primary amides is 1. The average Bonchev–Trinajstić information content (AvgIpc) is 3.05. The number of carbonyl (C=O) groups excluding carboxylic acids is 3. The van der Waals surface area contributed by atoms with E-state index in [9.17, 15) is 14.4 Å². The molecule has 0 aliphatic carbocycles. The highest BCUT2D eigenvalue weighted by atomic mass is 16.5. The molecule has 1 heterocycles. The van der Waals surface area contributed by atoms with Gasteiger partial charge < -0.3 is 15.8 Å². The zero-order valence-electron chi connectivity index (χ0n) is 14.1. The van der Waals surface area contributed by atoms with Crippen LogP contribution in [0.5, 0.6) is 0 Å². The van der Waals surface area contributed by atoms with E-state index in [1.54, 1.807) is 12.1 Å². The fraction of sp³-hybridized carbons (Fsp3) is 0.211. The van der Waals surface area contributed by atoms with Crippen molar-refractivity contribution in [2.24, 2.45) is 5.73 Å². The molecule has 0 unspecified atom stereocenters. The van der Waals surface area contributed by atoms with Crippen molar-refractivity contribution >= 4 is 23.6 Å². The molecule has 0 fully saturated rings. The van der Waals surface area contributed by atoms with E-state index in [2.05, 4.69) is 5.32 Å². The van der Waals surface area contributed by atoms with Gasteiger partial charge >= 0.3 is 6.09 Å². The minimum Gasteiger partial charge on any atom is -0.445 e. The Labute approximate surface area is 150 Å². The first-order chi connectivity index (χ1) is 12.6. The molecular formula is C19H19N3O4. The molecule has 0 aromatic heterocycles. The second-order valence-electron chi connectivity index (χ2n) is 5.93. The lowest BCUT2D eigenvalue weighted by Gasteiger charge is -2.23. The number of nitrogens with one attached hydrogen (secondary N) is 1. The van der Waals surface area contributed by atoms with Gasteiger partial charge in [0.2, 0.25) is 11.8 Å². The SMILES string of the molecule is NC(=O)[C@@H]1Cc2ccccc2N1C(=O)CNC(=O)OCc1ccccc1. The van der Waals surface area contributed by atoms with Crippen LogP contribution in [0, 0.1) is 0 Å². The van der Waals surface area contributed by atoms with Crippen LogP contribution in [0.15, 0.2) is 54.6 Å². The van der Waals surface area contributed by atoms with Gasteiger partial charge in [0.15, 0.2) is 0 Å². The number of rotatable bonds is 5. The maximum absolute atomic E-state index is 12.5. The van der Waals surface area contributed by atoms with E-state index in [1.807, 2.05) is 42.5 Å². The van der Waals surface area contributed by atoms with Gasteiger partial charge in [-0.3, -0.25) is 14.5 Å². The van der Waals surface area contributed by atoms with E-state index < -0.39 is 23.9 Å². The third-order valence-electron chi connectivity index (χ3n) is 4.17. The van der Waals surface area contributed by atoms with Gasteiger partial charge in [-0.15, -0.1) is 0 Å². The smallest absolute Gasteiger partial charge is 0.407 e. The average molecular weight is 353 g/mol. The summed E-state index contributed by atoms with van der Waals surface area (Å²) in [5.41, 5.74) is 7.78. The topological polar surface area (TPSA) is 102 Å². The van der Waals surface area contributed by atoms with Crippen molar-refractivity contribution in [3.8, 4) is 0 Å². The minimum atomic E-state index is -0.748. The van der Waals surface area contributed by atoms with Crippen molar-refractivity contribution in [3.05, 3.63) is 65.7 Å². The van der Waals surface area contributed by atoms with Crippen LogP contribution >= 0.6 is 0 Å². The Hall–Kier alpha value is -3.35. The predicted molar refractivity (Wildman–Crippen MR) is 95.2 cm³/mol. The van der Waals surface area contributed by atoms with Crippen molar-refractivity contribution in [2.75, 3.05) is 11.4 Å². The number of alkyl carbamates (subject to hydrolysis) is 1. The first-order valence-corrected chi connectivity index (χ1v) is 8.20. The first kappa shape index (κ1) is 17.5. The first-order valence-electron chi connectivity index (χ1n) is 8.20. The molecule has 3 amide bonds. The largest absolute Gasteiger partial charge is 0.445 e. The monoisotopic (exact) mass is 353 g/mol. The van der Waals surface area contributed by atoms with E-state index in [0.717, 1.165) is 11.1 Å². The third-order valence-corrected chi connectivity index (χ3v) is 4.17. The number of ether oxygens (including phenoxy) is 1. The van der Waals surface area contributed by atoms with Crippen LogP contribution in [-0.2, 0) is 27.4 Å². The molecule has 2 aromatic carbocycles. The van der Waals surface area contributed by atoms with Crippen molar-refractivity contribution in [3.63, 3.8) is 0 Å². The minimum absolute atomic E-state index is 0.108. The highest BCUT2D eigenvalue weighted by Gasteiger charge is 2.36. The Balaban J connectivity index is 1.58. The van der Waals surface area contributed by atoms with Crippen molar-refractivity contribution < 1.29 is 19.1 Å². The maximum atomic E-state index is 12.5. The molecule has 1 aliphatic heterocycles. The third kappa shape index (κ3) is 3.83. The Bertz CT molecular complexity index is 823. The predicted octanol–water partition coefficient (Wildman–Crippen LogP) is 1.36. The van der Waals surface area contributed by atoms with Gasteiger partial charge in [-0.25, -0.2) is 4.79 Å². The quantitative estimate of drug-likeness (QED) is 0.847. The number of para-hydroxylation sites is 1. The fourth-order valence-electron chi connectivity index (χ4n) is 2.93. The van der Waals surface area contributed by atoms with Crippen LogP contribution < -0.4 is 16.0 Å². The number of nitrogens with zero attached hydrogens (tertiary/aromatic N) is 1. The van der Waals surface area contributed by atoms with E-state index in [0.29, 0.717) is 12.1 Å². The summed E-state index contributed by atoms with van der Waals surface area (Å²) in [7, 11) is 0. The lowest BCUT2D eigenvalue weighted by atomic mass is 10.1. The summed E-state index contributed by atoms with van der Waals surface area (Å²) in [5, 5.41) is 2.42. The van der Waals surface area contributed by atoms with Crippen molar-refractivity contribution in [2.45, 2.75) is 19.1 Å². The van der Waals surface area contributed by atoms with E-state index in [4.69, 9.17) is 10.5 Å². The molecule has 7 heteroatoms. The van der Waals surface area contributed by atoms with E-state index >= 15 is 0 Å². The molecule has 0 saturated heterocycles. The molecule has 0 spiro atoms. The number of nitrogens with two attached hydrogens (primary N) is 1. The number of hydrogen-bond acceptors (Lipinski definition) is 4. The van der Waals surface area contributed by atoms with Gasteiger partial charge in [0, 0.05) is 12.1 Å². The highest BCUT2D eigenvalue weighted by molar-refractivity contribution is 6.04. The highest BCUT2D eigenvalue weighted by Crippen LogP contribution is 2.31. The molecule has 3 rings (SSSR count). The van der Waals surface area contributed by atoms with Gasteiger partial charge in [-0.05, 0) is 17.2 Å². The Morgan fingerprint density at radius 1 is 1.08 bits per heavy atom. The molecule has 26 heavy (non-hydrogen) atoms. The normalized spacial score (nSPS) is 15.2. The molecular weight excluding hydrogens is 334 g/mol. The van der Waals surface area contributed by atoms with E-state index in [-0.39, 0.29) is 13.2 Å². The van der Waals surface area contributed by atoms with Crippen LogP contribution in [0.25, 0.3) is 0 Å². The standard InChI is InChI=1S/C19H19N3O4/c20-18(24)16-10-14-8-4-5-9-15(14)22(16)17(23)11-21-19(25)26-12-13-6-2-1-3-7-13/h1-9,16H,10-12H2,(H2,20,24)(H,21,25)/t16-/m0/s1. The summed E-state index contributed by atoms with van der Waals surface area (Å²) in [6.07, 6.45) is -0.333. The number of anilines is 1. The second-order valence-corrected chi connectivity index (χ2v) is 5.93. The molecule has 134 valence electrons. The molecule has 1 aliphatic rings. The summed E-state index contributed by atoms with van der Waals surface area (Å²) in [5.74, 6) is -1.00. The summed E-state index contributed by atoms with van der Waals surface area (Å²) in [6.45, 7) is -0.178. The summed E-state index contributed by atoms with van der Waals surface area (Å²) >= 11 is 0. The van der Waals surface area contributed by atoms with Crippen LogP contribution in [0.2, 0.25) is 0 Å². The number of hydrogen-bond donors (Lipinski definition) is 2. The molecule has 2 aromatic rings. The molecule has 0 radical (unpaired) electrons. The molecule has 7 nitrogen and oxygen atoms in total. The summed E-state index contributed by atoms with van der Waals surface area (Å²) in [6, 6.07) is 15.7. The lowest BCUT2D eigenvalue weighted by Crippen LogP contribution is -2.49. The molecule has 0 saturated carbocycles. The summed E-state index contributed by atoms with van der Waals surface area (Å²) in [4.78, 5) is 37.4. The van der Waals surface area contributed by atoms with Crippen LogP contribution in [0.3, 0.4) is 0 Å². The summed E-state index contributed by atoms with van der Waals surface area (Å²) < 4.78 is 5.07. The van der Waals surface area contributed by atoms with Crippen LogP contribution in [0.4, 0.5) is 10.5 Å². The van der Waals surface area contributed by atoms with Crippen LogP contribution in [-0.4, -0.2) is 30.5 Å². The van der Waals surface area contributed by atoms with Gasteiger partial charge in [-0.2, -0.15) is 0 Å². The van der Waals surface area contributed by atoms with E-state index in [1.165, 1.54) is 4.90 Å². The Kier molecular flexibility index (Phi) is 5.17. The van der Waals surface area contributed by atoms with Gasteiger partial charge in [-0.1, -0.05) is 48.5 Å². The van der Waals surface area contributed by atoms with Crippen molar-refractivity contribution in [1.29, 1.82) is 0 Å². The lowest BCUT2D eigenvalue weighted by molar-refractivity contribution is -0.123. The zero-order chi connectivity index (χ0) is 18.5. The number of fused-ring (bicyclic) bond motifs is 1. The Morgan fingerprint density at radius 3 is 2.50 bits per heavy atom. The Morgan fingerprint density at radius 2 is 1.77 bits per heavy atom. The fourth-order valence-corrected chi connectivity index (χ4v) is 2.93. The second kappa shape index (κ2) is 7.69. The zero-order valence-corrected chi connectivity index (χ0v) is 14.1. The number of benzene rings is 2. The van der Waals surface area contributed by atoms with Gasteiger partial charge in [0.1, 0.15) is 19.2 Å². The number of amides is 3. The van der Waals surface area contributed by atoms with Crippen LogP contribution in [0.1, 0.15) is 11.1 Å². The van der Waals surface area contributed by atoms with Gasteiger partial charge in [0.05, 0.1) is 0 Å². The van der Waals surface area contributed by atoms with Gasteiger partial charge in [0.25, 0.3) is 0 Å². The number of carbonyl (C=O) groups is 3. The molecule has 3 N–H and O–H groups in total. The van der Waals surface area contributed by atoms with Crippen molar-refractivity contribution in [1.82, 2.24) is 5.32 Å². The molecule has 1 atom stereocenters. The molecule has 0 bridgehead atoms.